The number of nitrogens with zero attached hydrogens (tertiary/aromatic N) is 3. The van der Waals surface area contributed by atoms with Gasteiger partial charge < -0.3 is 30.1 Å². The molecule has 0 fully saturated rings. The fourth-order valence-corrected chi connectivity index (χ4v) is 5.17. The molecule has 0 aliphatic rings. The topological polar surface area (TPSA) is 94.2 Å². The van der Waals surface area contributed by atoms with E-state index in [1.807, 2.05) is 38.0 Å². The van der Waals surface area contributed by atoms with Gasteiger partial charge in [0.25, 0.3) is 0 Å². The Morgan fingerprint density at radius 2 is 0.956 bits per heavy atom. The van der Waals surface area contributed by atoms with Crippen molar-refractivity contribution in [2.75, 3.05) is 67.5 Å². The second-order valence-electron chi connectivity index (χ2n) is 13.4. The second kappa shape index (κ2) is 30.8. The number of hydrogen-bond acceptors (Lipinski definition) is 6. The molecule has 45 heavy (non-hydrogen) atoms. The van der Waals surface area contributed by atoms with Gasteiger partial charge in [0, 0.05) is 45.6 Å². The van der Waals surface area contributed by atoms with E-state index in [2.05, 4.69) is 24.5 Å². The van der Waals surface area contributed by atoms with Gasteiger partial charge in [-0.1, -0.05) is 117 Å². The molecule has 0 spiro atoms. The zero-order valence-electron chi connectivity index (χ0n) is 30.4. The molecule has 0 heterocycles. The van der Waals surface area contributed by atoms with E-state index in [9.17, 15) is 14.4 Å². The maximum atomic E-state index is 13.0. The molecule has 0 aromatic heterocycles. The molecular weight excluding hydrogens is 566 g/mol. The predicted molar refractivity (Wildman–Crippen MR) is 189 cm³/mol. The monoisotopic (exact) mass is 640 g/mol. The summed E-state index contributed by atoms with van der Waals surface area (Å²) >= 11 is 0. The van der Waals surface area contributed by atoms with Crippen LogP contribution in [-0.2, 0) is 14.3 Å². The SMILES string of the molecule is CCCCCCCCCCCC(=O)NCC(COC(=O)N(CCN(C)C)CCN(C)C)NC(=O)CCCCCCCCCCC. The number of nitrogens with one attached hydrogen (secondary N) is 2. The van der Waals surface area contributed by atoms with Gasteiger partial charge in [0.1, 0.15) is 6.61 Å². The summed E-state index contributed by atoms with van der Waals surface area (Å²) in [4.78, 5) is 44.2. The van der Waals surface area contributed by atoms with E-state index in [4.69, 9.17) is 4.74 Å². The molecule has 0 radical (unpaired) electrons. The number of rotatable bonds is 31. The number of carbonyl (C=O) groups is 3. The van der Waals surface area contributed by atoms with Gasteiger partial charge in [0.05, 0.1) is 6.04 Å². The summed E-state index contributed by atoms with van der Waals surface area (Å²) in [5.41, 5.74) is 0. The summed E-state index contributed by atoms with van der Waals surface area (Å²) in [7, 11) is 7.91. The highest BCUT2D eigenvalue weighted by Crippen LogP contribution is 2.12. The quantitative estimate of drug-likeness (QED) is 0.0795. The van der Waals surface area contributed by atoms with E-state index >= 15 is 0 Å². The van der Waals surface area contributed by atoms with Crippen molar-refractivity contribution in [3.05, 3.63) is 0 Å². The third kappa shape index (κ3) is 29.3. The van der Waals surface area contributed by atoms with Gasteiger partial charge in [-0.3, -0.25) is 9.59 Å². The van der Waals surface area contributed by atoms with E-state index in [1.54, 1.807) is 4.90 Å². The number of hydrogen-bond donors (Lipinski definition) is 2. The fourth-order valence-electron chi connectivity index (χ4n) is 5.17. The first-order valence-corrected chi connectivity index (χ1v) is 18.5. The van der Waals surface area contributed by atoms with Crippen LogP contribution in [0.2, 0.25) is 0 Å². The van der Waals surface area contributed by atoms with Gasteiger partial charge in [-0.05, 0) is 41.0 Å². The molecule has 0 aromatic carbocycles. The van der Waals surface area contributed by atoms with E-state index in [0.717, 1.165) is 45.2 Å². The van der Waals surface area contributed by atoms with Crippen LogP contribution in [0.1, 0.15) is 142 Å². The van der Waals surface area contributed by atoms with Crippen molar-refractivity contribution in [1.82, 2.24) is 25.3 Å². The Morgan fingerprint density at radius 1 is 0.556 bits per heavy atom. The van der Waals surface area contributed by atoms with Gasteiger partial charge in [0.15, 0.2) is 0 Å². The highest BCUT2D eigenvalue weighted by Gasteiger charge is 2.20. The molecule has 0 rings (SSSR count). The molecule has 0 aliphatic heterocycles. The molecule has 0 bridgehead atoms. The molecule has 0 aromatic rings. The molecule has 1 atom stereocenters. The molecule has 9 heteroatoms. The minimum Gasteiger partial charge on any atom is -0.447 e. The third-order valence-electron chi connectivity index (χ3n) is 8.23. The zero-order valence-corrected chi connectivity index (χ0v) is 30.4. The third-order valence-corrected chi connectivity index (χ3v) is 8.23. The van der Waals surface area contributed by atoms with Crippen LogP contribution >= 0.6 is 0 Å². The largest absolute Gasteiger partial charge is 0.447 e. The summed E-state index contributed by atoms with van der Waals surface area (Å²) in [5.74, 6) is -0.0645. The molecule has 0 aliphatic carbocycles. The first kappa shape index (κ1) is 43.1. The normalized spacial score (nSPS) is 12.0. The van der Waals surface area contributed by atoms with Gasteiger partial charge in [-0.2, -0.15) is 0 Å². The minimum absolute atomic E-state index is 0.0129. The Morgan fingerprint density at radius 3 is 1.38 bits per heavy atom. The van der Waals surface area contributed by atoms with Gasteiger partial charge in [-0.25, -0.2) is 4.79 Å². The Bertz CT molecular complexity index is 708. The highest BCUT2D eigenvalue weighted by atomic mass is 16.6. The van der Waals surface area contributed by atoms with E-state index in [0.29, 0.717) is 25.9 Å². The predicted octanol–water partition coefficient (Wildman–Crippen LogP) is 6.99. The number of unbranched alkanes of at least 4 members (excludes halogenated alkanes) is 16. The van der Waals surface area contributed by atoms with Crippen molar-refractivity contribution in [2.24, 2.45) is 0 Å². The molecule has 3 amide bonds. The highest BCUT2D eigenvalue weighted by molar-refractivity contribution is 5.77. The molecule has 2 N–H and O–H groups in total. The smallest absolute Gasteiger partial charge is 0.409 e. The van der Waals surface area contributed by atoms with E-state index in [1.165, 1.54) is 83.5 Å². The average Bonchev–Trinajstić information content (AvgIpc) is 3.00. The molecule has 0 saturated heterocycles. The summed E-state index contributed by atoms with van der Waals surface area (Å²) in [6.07, 6.45) is 22.2. The first-order valence-electron chi connectivity index (χ1n) is 18.5. The number of ether oxygens (including phenoxy) is 1. The minimum atomic E-state index is -0.461. The lowest BCUT2D eigenvalue weighted by Gasteiger charge is -2.26. The van der Waals surface area contributed by atoms with Gasteiger partial charge >= 0.3 is 6.09 Å². The maximum absolute atomic E-state index is 13.0. The van der Waals surface area contributed by atoms with Crippen molar-refractivity contribution < 1.29 is 19.1 Å². The fraction of sp³-hybridized carbons (Fsp3) is 0.917. The summed E-state index contributed by atoms with van der Waals surface area (Å²) in [6, 6.07) is -0.461. The number of likely N-dealkylation sites (N-methyl/N-ethyl adjacent to an activating group) is 2. The lowest BCUT2D eigenvalue weighted by atomic mass is 10.1. The Kier molecular flexibility index (Phi) is 29.5. The Labute approximate surface area is 277 Å². The lowest BCUT2D eigenvalue weighted by Crippen LogP contribution is -2.48. The molecular formula is C36H73N5O4. The van der Waals surface area contributed by atoms with Crippen LogP contribution in [-0.4, -0.2) is 106 Å². The first-order chi connectivity index (χ1) is 21.7. The van der Waals surface area contributed by atoms with Crippen molar-refractivity contribution in [2.45, 2.75) is 148 Å². The summed E-state index contributed by atoms with van der Waals surface area (Å²) in [5, 5.41) is 6.01. The van der Waals surface area contributed by atoms with Crippen LogP contribution in [0.4, 0.5) is 4.79 Å². The lowest BCUT2D eigenvalue weighted by molar-refractivity contribution is -0.124. The van der Waals surface area contributed by atoms with Gasteiger partial charge in [-0.15, -0.1) is 0 Å². The Balaban J connectivity index is 4.75. The molecule has 1 unspecified atom stereocenters. The van der Waals surface area contributed by atoms with Crippen molar-refractivity contribution in [3.8, 4) is 0 Å². The average molecular weight is 640 g/mol. The molecule has 0 saturated carbocycles. The van der Waals surface area contributed by atoms with Crippen LogP contribution in [0.5, 0.6) is 0 Å². The van der Waals surface area contributed by atoms with Crippen LogP contribution in [0.25, 0.3) is 0 Å². The van der Waals surface area contributed by atoms with E-state index in [-0.39, 0.29) is 25.0 Å². The summed E-state index contributed by atoms with van der Waals surface area (Å²) in [6.45, 7) is 7.34. The van der Waals surface area contributed by atoms with E-state index < -0.39 is 12.1 Å². The summed E-state index contributed by atoms with van der Waals surface area (Å²) < 4.78 is 5.71. The van der Waals surface area contributed by atoms with Crippen LogP contribution in [0.3, 0.4) is 0 Å². The Hall–Kier alpha value is -1.87. The number of amides is 3. The molecule has 266 valence electrons. The van der Waals surface area contributed by atoms with Crippen molar-refractivity contribution in [3.63, 3.8) is 0 Å². The number of carbonyl (C=O) groups excluding carboxylic acids is 3. The van der Waals surface area contributed by atoms with Crippen molar-refractivity contribution >= 4 is 17.9 Å². The van der Waals surface area contributed by atoms with Crippen LogP contribution < -0.4 is 10.6 Å². The standard InChI is InChI=1S/C36H73N5O4/c1-7-9-11-13-15-17-19-21-23-25-34(42)37-31-33(38-35(43)26-24-22-20-18-16-14-12-10-8-2)32-45-36(44)41(29-27-39(3)4)30-28-40(5)6/h33H,7-32H2,1-6H3,(H,37,42)(H,38,43). The van der Waals surface area contributed by atoms with Crippen LogP contribution in [0, 0.1) is 0 Å². The zero-order chi connectivity index (χ0) is 33.5. The molecule has 9 nitrogen and oxygen atoms in total. The van der Waals surface area contributed by atoms with Gasteiger partial charge in [0.2, 0.25) is 11.8 Å². The maximum Gasteiger partial charge on any atom is 0.409 e. The second-order valence-corrected chi connectivity index (χ2v) is 13.4. The van der Waals surface area contributed by atoms with Crippen LogP contribution in [0.15, 0.2) is 0 Å². The van der Waals surface area contributed by atoms with Crippen molar-refractivity contribution in [1.29, 1.82) is 0 Å².